The molecule has 15 heavy (non-hydrogen) atoms. The Kier molecular flexibility index (Phi) is 4.59. The summed E-state index contributed by atoms with van der Waals surface area (Å²) in [5.41, 5.74) is 8.07. The molecule has 0 radical (unpaired) electrons. The molecule has 0 bridgehead atoms. The van der Waals surface area contributed by atoms with Crippen molar-refractivity contribution in [3.05, 3.63) is 29.8 Å². The zero-order valence-corrected chi connectivity index (χ0v) is 9.90. The number of anilines is 1. The van der Waals surface area contributed by atoms with Crippen molar-refractivity contribution in [2.45, 2.75) is 6.54 Å². The van der Waals surface area contributed by atoms with E-state index >= 15 is 0 Å². The highest BCUT2D eigenvalue weighted by molar-refractivity contribution is 5.45. The number of nitrogens with two attached hydrogens (primary N) is 1. The molecule has 84 valence electrons. The molecule has 0 unspecified atom stereocenters. The number of hydrogen-bond donors (Lipinski definition) is 1. The second kappa shape index (κ2) is 5.73. The van der Waals surface area contributed by atoms with Crippen molar-refractivity contribution < 1.29 is 0 Å². The van der Waals surface area contributed by atoms with Crippen LogP contribution in [0, 0.1) is 0 Å². The first-order chi connectivity index (χ1) is 7.13. The molecule has 3 heteroatoms. The molecule has 2 N–H and O–H groups in total. The molecule has 0 aliphatic rings. The third-order valence-corrected chi connectivity index (χ3v) is 2.42. The Balaban J connectivity index is 2.56. The van der Waals surface area contributed by atoms with E-state index in [1.807, 2.05) is 0 Å². The average molecular weight is 207 g/mol. The van der Waals surface area contributed by atoms with Crippen molar-refractivity contribution in [3.63, 3.8) is 0 Å². The van der Waals surface area contributed by atoms with Gasteiger partial charge in [0.1, 0.15) is 0 Å². The van der Waals surface area contributed by atoms with E-state index in [0.29, 0.717) is 6.54 Å². The maximum atomic E-state index is 5.50. The lowest BCUT2D eigenvalue weighted by atomic mass is 10.2. The number of likely N-dealkylation sites (N-methyl/N-ethyl adjacent to an activating group) is 1. The minimum absolute atomic E-state index is 0.715. The van der Waals surface area contributed by atoms with Gasteiger partial charge in [-0.25, -0.2) is 0 Å². The van der Waals surface area contributed by atoms with Crippen LogP contribution in [0.2, 0.25) is 0 Å². The van der Waals surface area contributed by atoms with Crippen LogP contribution in [0.4, 0.5) is 5.69 Å². The Bertz CT molecular complexity index is 279. The van der Waals surface area contributed by atoms with Crippen LogP contribution in [0.5, 0.6) is 0 Å². The minimum atomic E-state index is 0.715. The molecule has 0 aliphatic carbocycles. The van der Waals surface area contributed by atoms with Crippen LogP contribution in [-0.4, -0.2) is 39.1 Å². The van der Waals surface area contributed by atoms with E-state index in [0.717, 1.165) is 13.1 Å². The number of benzene rings is 1. The third kappa shape index (κ3) is 3.90. The molecule has 1 aromatic carbocycles. The second-order valence-corrected chi connectivity index (χ2v) is 4.09. The molecule has 0 saturated heterocycles. The van der Waals surface area contributed by atoms with Gasteiger partial charge < -0.3 is 15.5 Å². The first-order valence-corrected chi connectivity index (χ1v) is 5.28. The maximum absolute atomic E-state index is 5.50. The van der Waals surface area contributed by atoms with Gasteiger partial charge >= 0.3 is 0 Å². The first-order valence-electron chi connectivity index (χ1n) is 5.28. The van der Waals surface area contributed by atoms with Gasteiger partial charge in [0.15, 0.2) is 0 Å². The van der Waals surface area contributed by atoms with Crippen molar-refractivity contribution >= 4 is 5.69 Å². The van der Waals surface area contributed by atoms with Crippen LogP contribution < -0.4 is 10.6 Å². The summed E-state index contributed by atoms with van der Waals surface area (Å²) in [6.45, 7) is 2.62. The standard InChI is InChI=1S/C12H21N3/c1-14(2)12-6-4-11(5-7-12)10-15(3)9-8-13/h4-7H,8-10,13H2,1-3H3. The Morgan fingerprint density at radius 2 is 1.67 bits per heavy atom. The van der Waals surface area contributed by atoms with Gasteiger partial charge in [0.2, 0.25) is 0 Å². The molecule has 3 nitrogen and oxygen atoms in total. The minimum Gasteiger partial charge on any atom is -0.378 e. The van der Waals surface area contributed by atoms with Crippen molar-refractivity contribution in [2.75, 3.05) is 39.1 Å². The summed E-state index contributed by atoms with van der Waals surface area (Å²) in [7, 11) is 6.19. The van der Waals surface area contributed by atoms with E-state index in [9.17, 15) is 0 Å². The van der Waals surface area contributed by atoms with Gasteiger partial charge in [-0.15, -0.1) is 0 Å². The van der Waals surface area contributed by atoms with Crippen LogP contribution in [0.25, 0.3) is 0 Å². The number of nitrogens with zero attached hydrogens (tertiary/aromatic N) is 2. The summed E-state index contributed by atoms with van der Waals surface area (Å²) >= 11 is 0. The summed E-state index contributed by atoms with van der Waals surface area (Å²) < 4.78 is 0. The third-order valence-electron chi connectivity index (χ3n) is 2.42. The van der Waals surface area contributed by atoms with Crippen molar-refractivity contribution in [3.8, 4) is 0 Å². The lowest BCUT2D eigenvalue weighted by Crippen LogP contribution is -2.24. The van der Waals surface area contributed by atoms with E-state index in [1.165, 1.54) is 11.3 Å². The quantitative estimate of drug-likeness (QED) is 0.786. The summed E-state index contributed by atoms with van der Waals surface area (Å²) in [6.07, 6.45) is 0. The van der Waals surface area contributed by atoms with Gasteiger partial charge in [0, 0.05) is 39.4 Å². The molecule has 0 atom stereocenters. The Morgan fingerprint density at radius 1 is 1.07 bits per heavy atom. The fourth-order valence-corrected chi connectivity index (χ4v) is 1.51. The van der Waals surface area contributed by atoms with Crippen LogP contribution >= 0.6 is 0 Å². The lowest BCUT2D eigenvalue weighted by Gasteiger charge is -2.17. The lowest BCUT2D eigenvalue weighted by molar-refractivity contribution is 0.336. The SMILES string of the molecule is CN(CCN)Cc1ccc(N(C)C)cc1. The van der Waals surface area contributed by atoms with Crippen molar-refractivity contribution in [2.24, 2.45) is 5.73 Å². The summed E-state index contributed by atoms with van der Waals surface area (Å²) in [4.78, 5) is 4.33. The predicted molar refractivity (Wildman–Crippen MR) is 66.2 cm³/mol. The molecule has 0 spiro atoms. The van der Waals surface area contributed by atoms with Crippen LogP contribution in [0.15, 0.2) is 24.3 Å². The molecule has 0 fully saturated rings. The van der Waals surface area contributed by atoms with Gasteiger partial charge in [0.05, 0.1) is 0 Å². The zero-order valence-electron chi connectivity index (χ0n) is 9.90. The number of hydrogen-bond acceptors (Lipinski definition) is 3. The molecule has 1 rings (SSSR count). The van der Waals surface area contributed by atoms with Gasteiger partial charge in [0.25, 0.3) is 0 Å². The topological polar surface area (TPSA) is 32.5 Å². The Labute approximate surface area is 92.5 Å². The van der Waals surface area contributed by atoms with Gasteiger partial charge in [-0.05, 0) is 24.7 Å². The Hall–Kier alpha value is -1.06. The predicted octanol–water partition coefficient (Wildman–Crippen LogP) is 1.14. The average Bonchev–Trinajstić information content (AvgIpc) is 2.18. The van der Waals surface area contributed by atoms with E-state index in [1.54, 1.807) is 0 Å². The van der Waals surface area contributed by atoms with E-state index in [4.69, 9.17) is 5.73 Å². The normalized spacial score (nSPS) is 10.7. The highest BCUT2D eigenvalue weighted by Crippen LogP contribution is 2.12. The first kappa shape index (κ1) is 12.0. The second-order valence-electron chi connectivity index (χ2n) is 4.09. The Morgan fingerprint density at radius 3 is 2.13 bits per heavy atom. The smallest absolute Gasteiger partial charge is 0.0361 e. The molecule has 1 aromatic rings. The highest BCUT2D eigenvalue weighted by atomic mass is 15.1. The summed E-state index contributed by atoms with van der Waals surface area (Å²) in [5, 5.41) is 0. The fraction of sp³-hybridized carbons (Fsp3) is 0.500. The molecule has 0 aromatic heterocycles. The summed E-state index contributed by atoms with van der Waals surface area (Å²) in [6, 6.07) is 8.63. The molecule has 0 aliphatic heterocycles. The van der Waals surface area contributed by atoms with E-state index < -0.39 is 0 Å². The van der Waals surface area contributed by atoms with Gasteiger partial charge in [-0.3, -0.25) is 0 Å². The van der Waals surface area contributed by atoms with Gasteiger partial charge in [-0.1, -0.05) is 12.1 Å². The largest absolute Gasteiger partial charge is 0.378 e. The van der Waals surface area contributed by atoms with Crippen LogP contribution in [0.3, 0.4) is 0 Å². The summed E-state index contributed by atoms with van der Waals surface area (Å²) in [5.74, 6) is 0. The molecular formula is C12H21N3. The maximum Gasteiger partial charge on any atom is 0.0361 e. The molecule has 0 amide bonds. The monoisotopic (exact) mass is 207 g/mol. The highest BCUT2D eigenvalue weighted by Gasteiger charge is 1.99. The van der Waals surface area contributed by atoms with Crippen LogP contribution in [-0.2, 0) is 6.54 Å². The molecular weight excluding hydrogens is 186 g/mol. The molecule has 0 saturated carbocycles. The van der Waals surface area contributed by atoms with E-state index in [-0.39, 0.29) is 0 Å². The van der Waals surface area contributed by atoms with Crippen LogP contribution in [0.1, 0.15) is 5.56 Å². The fourth-order valence-electron chi connectivity index (χ4n) is 1.51. The van der Waals surface area contributed by atoms with Gasteiger partial charge in [-0.2, -0.15) is 0 Å². The number of rotatable bonds is 5. The van der Waals surface area contributed by atoms with Crippen molar-refractivity contribution in [1.82, 2.24) is 4.90 Å². The molecule has 0 heterocycles. The van der Waals surface area contributed by atoms with E-state index in [2.05, 4.69) is 55.2 Å². The van der Waals surface area contributed by atoms with Crippen molar-refractivity contribution in [1.29, 1.82) is 0 Å². The zero-order chi connectivity index (χ0) is 11.3.